The first-order valence-electron chi connectivity index (χ1n) is 8.28. The van der Waals surface area contributed by atoms with Gasteiger partial charge in [0.05, 0.1) is 11.4 Å². The second kappa shape index (κ2) is 6.89. The first kappa shape index (κ1) is 17.3. The molecule has 0 aliphatic carbocycles. The molecule has 1 aromatic heterocycles. The highest BCUT2D eigenvalue weighted by atomic mass is 35.5. The molecular weight excluding hydrogens is 367 g/mol. The molecule has 0 fully saturated rings. The third kappa shape index (κ3) is 2.98. The van der Waals surface area contributed by atoms with Gasteiger partial charge < -0.3 is 0 Å². The Morgan fingerprint density at radius 2 is 2.00 bits per heavy atom. The van der Waals surface area contributed by atoms with Crippen LogP contribution in [-0.4, -0.2) is 20.5 Å². The summed E-state index contributed by atoms with van der Waals surface area (Å²) in [6.07, 6.45) is 1.88. The van der Waals surface area contributed by atoms with Gasteiger partial charge in [-0.25, -0.2) is 4.39 Å². The summed E-state index contributed by atoms with van der Waals surface area (Å²) in [5.74, 6) is -0.0546. The van der Waals surface area contributed by atoms with Crippen LogP contribution in [0.3, 0.4) is 0 Å². The molecule has 0 spiro atoms. The van der Waals surface area contributed by atoms with E-state index in [-0.39, 0.29) is 17.8 Å². The van der Waals surface area contributed by atoms with Gasteiger partial charge in [0.25, 0.3) is 5.56 Å². The van der Waals surface area contributed by atoms with Crippen molar-refractivity contribution in [1.29, 1.82) is 0 Å². The lowest BCUT2D eigenvalue weighted by Gasteiger charge is -2.14. The molecule has 7 heteroatoms. The fourth-order valence-corrected chi connectivity index (χ4v) is 3.30. The van der Waals surface area contributed by atoms with Crippen molar-refractivity contribution in [2.45, 2.75) is 13.0 Å². The number of hydrogen-bond donors (Lipinski definition) is 0. The average molecular weight is 381 g/mol. The Hall–Kier alpha value is -3.12. The number of rotatable bonds is 3. The summed E-state index contributed by atoms with van der Waals surface area (Å²) < 4.78 is 15.5. The number of aromatic nitrogens is 3. The van der Waals surface area contributed by atoms with Gasteiger partial charge in [-0.3, -0.25) is 14.4 Å². The number of benzene rings is 2. The lowest BCUT2D eigenvalue weighted by atomic mass is 10.00. The molecule has 1 aliphatic heterocycles. The van der Waals surface area contributed by atoms with Crippen LogP contribution in [0.5, 0.6) is 0 Å². The average Bonchev–Trinajstić information content (AvgIpc) is 2.82. The van der Waals surface area contributed by atoms with E-state index in [4.69, 9.17) is 11.6 Å². The number of aliphatic imine (C=N–C) groups is 1. The van der Waals surface area contributed by atoms with Crippen molar-refractivity contribution in [1.82, 2.24) is 14.8 Å². The summed E-state index contributed by atoms with van der Waals surface area (Å²) in [5.41, 5.74) is 2.08. The van der Waals surface area contributed by atoms with E-state index in [1.165, 1.54) is 16.7 Å². The van der Waals surface area contributed by atoms with Crippen LogP contribution in [0.2, 0.25) is 5.02 Å². The maximum atomic E-state index is 14.1. The van der Waals surface area contributed by atoms with Crippen molar-refractivity contribution in [2.24, 2.45) is 4.99 Å². The zero-order valence-corrected chi connectivity index (χ0v) is 14.9. The molecular formula is C20H14ClFN4O. The molecule has 0 amide bonds. The van der Waals surface area contributed by atoms with Gasteiger partial charge in [0.15, 0.2) is 5.82 Å². The predicted molar refractivity (Wildman–Crippen MR) is 102 cm³/mol. The molecule has 0 atom stereocenters. The van der Waals surface area contributed by atoms with Gasteiger partial charge in [-0.15, -0.1) is 16.8 Å². The van der Waals surface area contributed by atoms with E-state index in [9.17, 15) is 9.18 Å². The summed E-state index contributed by atoms with van der Waals surface area (Å²) >= 11 is 6.34. The molecule has 0 N–H and O–H groups in total. The van der Waals surface area contributed by atoms with Crippen molar-refractivity contribution >= 4 is 17.3 Å². The zero-order chi connectivity index (χ0) is 19.0. The molecule has 0 unspecified atom stereocenters. The highest BCUT2D eigenvalue weighted by molar-refractivity contribution is 6.35. The summed E-state index contributed by atoms with van der Waals surface area (Å²) in [4.78, 5) is 17.5. The fraction of sp³-hybridized carbons (Fsp3) is 0.100. The topological polar surface area (TPSA) is 60.1 Å². The summed E-state index contributed by atoms with van der Waals surface area (Å²) in [6.45, 7) is 3.76. The Balaban J connectivity index is 2.03. The molecule has 134 valence electrons. The molecule has 2 aromatic carbocycles. The van der Waals surface area contributed by atoms with Crippen molar-refractivity contribution in [3.05, 3.63) is 99.0 Å². The van der Waals surface area contributed by atoms with Gasteiger partial charge in [0.2, 0.25) is 0 Å². The Labute approximate surface area is 159 Å². The van der Waals surface area contributed by atoms with Crippen LogP contribution in [0, 0.1) is 5.82 Å². The number of hydrogen-bond acceptors (Lipinski definition) is 4. The number of allylic oxidation sites excluding steroid dienone is 1. The van der Waals surface area contributed by atoms with Crippen LogP contribution < -0.4 is 5.56 Å². The maximum Gasteiger partial charge on any atom is 0.280 e. The van der Waals surface area contributed by atoms with E-state index in [0.717, 1.165) is 0 Å². The summed E-state index contributed by atoms with van der Waals surface area (Å²) in [5, 5.41) is 8.66. The lowest BCUT2D eigenvalue weighted by molar-refractivity contribution is 0.626. The Morgan fingerprint density at radius 3 is 2.78 bits per heavy atom. The number of nitrogens with zero attached hydrogens (tertiary/aromatic N) is 4. The van der Waals surface area contributed by atoms with Gasteiger partial charge >= 0.3 is 0 Å². The van der Waals surface area contributed by atoms with Crippen LogP contribution in [0.25, 0.3) is 5.69 Å². The number of fused-ring (bicyclic) bond motifs is 3. The Kier molecular flexibility index (Phi) is 4.41. The van der Waals surface area contributed by atoms with Crippen LogP contribution in [0.4, 0.5) is 4.39 Å². The quantitative estimate of drug-likeness (QED) is 0.653. The third-order valence-electron chi connectivity index (χ3n) is 4.29. The predicted octanol–water partition coefficient (Wildman–Crippen LogP) is 3.50. The van der Waals surface area contributed by atoms with E-state index in [1.54, 1.807) is 18.2 Å². The van der Waals surface area contributed by atoms with Gasteiger partial charge in [-0.2, -0.15) is 0 Å². The smallest absolute Gasteiger partial charge is 0.276 e. The van der Waals surface area contributed by atoms with E-state index in [2.05, 4.69) is 21.8 Å². The molecule has 1 aliphatic rings. The SMILES string of the molecule is C=CCc1nnc2n(c1=O)-c1ccc(F)cc1C(c1ccccc1Cl)=NC2. The van der Waals surface area contributed by atoms with E-state index >= 15 is 0 Å². The summed E-state index contributed by atoms with van der Waals surface area (Å²) in [7, 11) is 0. The first-order valence-corrected chi connectivity index (χ1v) is 8.66. The Bertz CT molecular complexity index is 1150. The monoisotopic (exact) mass is 380 g/mol. The van der Waals surface area contributed by atoms with Gasteiger partial charge in [-0.05, 0) is 24.3 Å². The lowest BCUT2D eigenvalue weighted by Crippen LogP contribution is -2.28. The van der Waals surface area contributed by atoms with Crippen LogP contribution in [0.15, 0.2) is 64.9 Å². The second-order valence-corrected chi connectivity index (χ2v) is 6.41. The molecule has 0 saturated heterocycles. The highest BCUT2D eigenvalue weighted by Crippen LogP contribution is 2.27. The van der Waals surface area contributed by atoms with Crippen molar-refractivity contribution in [3.8, 4) is 5.69 Å². The highest BCUT2D eigenvalue weighted by Gasteiger charge is 2.23. The van der Waals surface area contributed by atoms with Gasteiger partial charge in [0, 0.05) is 22.6 Å². The van der Waals surface area contributed by atoms with Crippen molar-refractivity contribution < 1.29 is 4.39 Å². The molecule has 3 aromatic rings. The minimum absolute atomic E-state index is 0.119. The van der Waals surface area contributed by atoms with Crippen LogP contribution in [-0.2, 0) is 13.0 Å². The maximum absolute atomic E-state index is 14.1. The normalized spacial score (nSPS) is 12.6. The third-order valence-corrected chi connectivity index (χ3v) is 4.62. The van der Waals surface area contributed by atoms with Crippen LogP contribution >= 0.6 is 11.6 Å². The molecule has 0 saturated carbocycles. The molecule has 5 nitrogen and oxygen atoms in total. The minimum Gasteiger partial charge on any atom is -0.276 e. The zero-order valence-electron chi connectivity index (χ0n) is 14.2. The molecule has 2 heterocycles. The van der Waals surface area contributed by atoms with E-state index in [0.29, 0.717) is 39.8 Å². The van der Waals surface area contributed by atoms with Crippen molar-refractivity contribution in [3.63, 3.8) is 0 Å². The van der Waals surface area contributed by atoms with Crippen LogP contribution in [0.1, 0.15) is 22.6 Å². The van der Waals surface area contributed by atoms with Gasteiger partial charge in [-0.1, -0.05) is 35.9 Å². The van der Waals surface area contributed by atoms with E-state index in [1.807, 2.05) is 18.2 Å². The molecule has 0 radical (unpaired) electrons. The molecule has 27 heavy (non-hydrogen) atoms. The molecule has 4 rings (SSSR count). The Morgan fingerprint density at radius 1 is 1.19 bits per heavy atom. The standard InChI is InChI=1S/C20H14ClFN4O/c1-2-5-16-20(27)26-17-9-8-12(22)10-14(17)19(23-11-18(26)25-24-16)13-6-3-4-7-15(13)21/h2-4,6-10H,1,5,11H2. The molecule has 0 bridgehead atoms. The van der Waals surface area contributed by atoms with Gasteiger partial charge in [0.1, 0.15) is 18.1 Å². The largest absolute Gasteiger partial charge is 0.280 e. The fourth-order valence-electron chi connectivity index (χ4n) is 3.08. The van der Waals surface area contributed by atoms with E-state index < -0.39 is 5.82 Å². The minimum atomic E-state index is -0.432. The summed E-state index contributed by atoms with van der Waals surface area (Å²) in [6, 6.07) is 11.4. The first-order chi connectivity index (χ1) is 13.1. The van der Waals surface area contributed by atoms with Crippen molar-refractivity contribution in [2.75, 3.05) is 0 Å². The number of halogens is 2. The second-order valence-electron chi connectivity index (χ2n) is 6.00.